The van der Waals surface area contributed by atoms with E-state index < -0.39 is 10.0 Å². The normalized spacial score (nSPS) is 17.3. The Bertz CT molecular complexity index is 756. The van der Waals surface area contributed by atoms with Gasteiger partial charge < -0.3 is 10.6 Å². The molecule has 0 bridgehead atoms. The van der Waals surface area contributed by atoms with Crippen LogP contribution in [0.15, 0.2) is 29.2 Å². The number of carbonyl (C=O) groups excluding carboxylic acids is 2. The summed E-state index contributed by atoms with van der Waals surface area (Å²) < 4.78 is 27.0. The lowest BCUT2D eigenvalue weighted by molar-refractivity contribution is -0.123. The summed E-state index contributed by atoms with van der Waals surface area (Å²) in [6.07, 6.45) is 0.873. The molecule has 0 radical (unpaired) electrons. The van der Waals surface area contributed by atoms with Gasteiger partial charge in [-0.25, -0.2) is 8.42 Å². The summed E-state index contributed by atoms with van der Waals surface area (Å²) in [5.74, 6) is -0.242. The van der Waals surface area contributed by atoms with E-state index in [1.54, 1.807) is 12.1 Å². The topological polar surface area (TPSA) is 98.8 Å². The molecule has 8 nitrogen and oxygen atoms in total. The highest BCUT2D eigenvalue weighted by Crippen LogP contribution is 2.20. The molecule has 1 aromatic rings. The Labute approximate surface area is 161 Å². The summed E-state index contributed by atoms with van der Waals surface area (Å²) in [6.45, 7) is 7.35. The number of hydrogen-bond donors (Lipinski definition) is 2. The van der Waals surface area contributed by atoms with Gasteiger partial charge in [0.15, 0.2) is 0 Å². The lowest BCUT2D eigenvalue weighted by atomic mass is 10.2. The zero-order valence-electron chi connectivity index (χ0n) is 16.1. The summed E-state index contributed by atoms with van der Waals surface area (Å²) >= 11 is 0. The van der Waals surface area contributed by atoms with E-state index in [-0.39, 0.29) is 29.3 Å². The molecule has 0 aliphatic carbocycles. The Morgan fingerprint density at radius 1 is 1.11 bits per heavy atom. The number of anilines is 1. The van der Waals surface area contributed by atoms with E-state index in [4.69, 9.17) is 0 Å². The van der Waals surface area contributed by atoms with Crippen LogP contribution in [0.5, 0.6) is 0 Å². The molecule has 2 rings (SSSR count). The number of sulfonamides is 1. The maximum atomic E-state index is 12.8. The molecular formula is C18H28N4O4S. The SMILES string of the molecule is CC[C@@H](C)NC(=O)CN1CCN(S(=O)(=O)c2ccc(NC(C)=O)cc2)CC1. The van der Waals surface area contributed by atoms with Crippen molar-refractivity contribution in [1.82, 2.24) is 14.5 Å². The molecule has 150 valence electrons. The van der Waals surface area contributed by atoms with Crippen LogP contribution in [0.4, 0.5) is 5.69 Å². The van der Waals surface area contributed by atoms with Gasteiger partial charge >= 0.3 is 0 Å². The van der Waals surface area contributed by atoms with Crippen molar-refractivity contribution in [2.75, 3.05) is 38.0 Å². The number of hydrogen-bond acceptors (Lipinski definition) is 5. The van der Waals surface area contributed by atoms with Crippen LogP contribution in [-0.2, 0) is 19.6 Å². The van der Waals surface area contributed by atoms with Gasteiger partial charge in [-0.15, -0.1) is 0 Å². The molecule has 0 spiro atoms. The molecule has 0 saturated carbocycles. The van der Waals surface area contributed by atoms with Gasteiger partial charge in [-0.05, 0) is 37.6 Å². The lowest BCUT2D eigenvalue weighted by Crippen LogP contribution is -2.51. The highest BCUT2D eigenvalue weighted by molar-refractivity contribution is 7.89. The summed E-state index contributed by atoms with van der Waals surface area (Å²) in [6, 6.07) is 6.27. The minimum absolute atomic E-state index is 0.0331. The van der Waals surface area contributed by atoms with Crippen molar-refractivity contribution in [1.29, 1.82) is 0 Å². The Hall–Kier alpha value is -1.97. The molecule has 1 fully saturated rings. The lowest BCUT2D eigenvalue weighted by Gasteiger charge is -2.33. The predicted molar refractivity (Wildman–Crippen MR) is 104 cm³/mol. The first-order valence-corrected chi connectivity index (χ1v) is 10.6. The highest BCUT2D eigenvalue weighted by atomic mass is 32.2. The molecule has 1 aliphatic rings. The van der Waals surface area contributed by atoms with Crippen LogP contribution in [0.2, 0.25) is 0 Å². The molecule has 1 heterocycles. The van der Waals surface area contributed by atoms with Crippen molar-refractivity contribution >= 4 is 27.5 Å². The summed E-state index contributed by atoms with van der Waals surface area (Å²) in [5.41, 5.74) is 0.554. The monoisotopic (exact) mass is 396 g/mol. The van der Waals surface area contributed by atoms with Crippen LogP contribution in [0.3, 0.4) is 0 Å². The van der Waals surface area contributed by atoms with E-state index >= 15 is 0 Å². The average molecular weight is 397 g/mol. The fourth-order valence-corrected chi connectivity index (χ4v) is 4.24. The van der Waals surface area contributed by atoms with Crippen molar-refractivity contribution < 1.29 is 18.0 Å². The number of amides is 2. The molecule has 2 N–H and O–H groups in total. The standard InChI is InChI=1S/C18H28N4O4S/c1-4-14(2)19-18(24)13-21-9-11-22(12-10-21)27(25,26)17-7-5-16(6-8-17)20-15(3)23/h5-8,14H,4,9-13H2,1-3H3,(H,19,24)(H,20,23)/t14-/m1/s1. The Morgan fingerprint density at radius 2 is 1.70 bits per heavy atom. The van der Waals surface area contributed by atoms with Gasteiger partial charge in [0.1, 0.15) is 0 Å². The Balaban J connectivity index is 1.92. The van der Waals surface area contributed by atoms with Crippen LogP contribution in [0.1, 0.15) is 27.2 Å². The highest BCUT2D eigenvalue weighted by Gasteiger charge is 2.29. The first kappa shape index (κ1) is 21.3. The zero-order valence-corrected chi connectivity index (χ0v) is 16.9. The maximum Gasteiger partial charge on any atom is 0.243 e. The largest absolute Gasteiger partial charge is 0.353 e. The first-order chi connectivity index (χ1) is 12.7. The van der Waals surface area contributed by atoms with Gasteiger partial charge in [-0.3, -0.25) is 14.5 Å². The van der Waals surface area contributed by atoms with Crippen LogP contribution in [0.25, 0.3) is 0 Å². The summed E-state index contributed by atoms with van der Waals surface area (Å²) in [7, 11) is -3.59. The van der Waals surface area contributed by atoms with Gasteiger partial charge in [-0.1, -0.05) is 6.92 Å². The summed E-state index contributed by atoms with van der Waals surface area (Å²) in [4.78, 5) is 25.2. The minimum Gasteiger partial charge on any atom is -0.353 e. The van der Waals surface area contributed by atoms with E-state index in [0.717, 1.165) is 6.42 Å². The van der Waals surface area contributed by atoms with Crippen LogP contribution in [0, 0.1) is 0 Å². The third-order valence-corrected chi connectivity index (χ3v) is 6.44. The molecule has 1 aromatic carbocycles. The minimum atomic E-state index is -3.59. The van der Waals surface area contributed by atoms with Crippen LogP contribution in [-0.4, -0.2) is 68.2 Å². The Morgan fingerprint density at radius 3 is 2.22 bits per heavy atom. The first-order valence-electron chi connectivity index (χ1n) is 9.12. The number of nitrogens with zero attached hydrogens (tertiary/aromatic N) is 2. The van der Waals surface area contributed by atoms with Crippen molar-refractivity contribution in [3.05, 3.63) is 24.3 Å². The number of carbonyl (C=O) groups is 2. The number of benzene rings is 1. The van der Waals surface area contributed by atoms with Crippen LogP contribution >= 0.6 is 0 Å². The van der Waals surface area contributed by atoms with Gasteiger partial charge in [-0.2, -0.15) is 4.31 Å². The molecular weight excluding hydrogens is 368 g/mol. The van der Waals surface area contributed by atoms with Gasteiger partial charge in [0, 0.05) is 44.8 Å². The quantitative estimate of drug-likeness (QED) is 0.712. The van der Waals surface area contributed by atoms with Crippen molar-refractivity contribution in [2.45, 2.75) is 38.1 Å². The number of piperazine rings is 1. The number of nitrogens with one attached hydrogen (secondary N) is 2. The van der Waals surface area contributed by atoms with E-state index in [1.165, 1.54) is 23.4 Å². The van der Waals surface area contributed by atoms with Gasteiger partial charge in [0.05, 0.1) is 11.4 Å². The second kappa shape index (κ2) is 9.29. The third-order valence-electron chi connectivity index (χ3n) is 4.53. The van der Waals surface area contributed by atoms with E-state index in [1.807, 2.05) is 18.7 Å². The van der Waals surface area contributed by atoms with Gasteiger partial charge in [0.25, 0.3) is 0 Å². The zero-order chi connectivity index (χ0) is 20.0. The third kappa shape index (κ3) is 6.02. The summed E-state index contributed by atoms with van der Waals surface area (Å²) in [5, 5.41) is 5.53. The number of rotatable bonds is 7. The predicted octanol–water partition coefficient (Wildman–Crippen LogP) is 0.866. The fourth-order valence-electron chi connectivity index (χ4n) is 2.82. The smallest absolute Gasteiger partial charge is 0.243 e. The van der Waals surface area contributed by atoms with E-state index in [9.17, 15) is 18.0 Å². The van der Waals surface area contributed by atoms with Crippen molar-refractivity contribution in [3.63, 3.8) is 0 Å². The second-order valence-electron chi connectivity index (χ2n) is 6.76. The molecule has 0 aromatic heterocycles. The molecule has 1 aliphatic heterocycles. The molecule has 1 saturated heterocycles. The molecule has 9 heteroatoms. The average Bonchev–Trinajstić information content (AvgIpc) is 2.62. The molecule has 2 amide bonds. The van der Waals surface area contributed by atoms with E-state index in [0.29, 0.717) is 31.9 Å². The van der Waals surface area contributed by atoms with Crippen LogP contribution < -0.4 is 10.6 Å². The molecule has 27 heavy (non-hydrogen) atoms. The molecule has 1 atom stereocenters. The van der Waals surface area contributed by atoms with Crippen molar-refractivity contribution in [2.24, 2.45) is 0 Å². The van der Waals surface area contributed by atoms with Gasteiger partial charge in [0.2, 0.25) is 21.8 Å². The maximum absolute atomic E-state index is 12.8. The Kier molecular flexibility index (Phi) is 7.34. The second-order valence-corrected chi connectivity index (χ2v) is 8.70. The fraction of sp³-hybridized carbons (Fsp3) is 0.556. The van der Waals surface area contributed by atoms with E-state index in [2.05, 4.69) is 10.6 Å². The van der Waals surface area contributed by atoms with Crippen molar-refractivity contribution in [3.8, 4) is 0 Å². The molecule has 0 unspecified atom stereocenters.